The van der Waals surface area contributed by atoms with Gasteiger partial charge in [0.25, 0.3) is 5.91 Å². The third kappa shape index (κ3) is 2.59. The van der Waals surface area contributed by atoms with Crippen molar-refractivity contribution in [3.63, 3.8) is 0 Å². The SMILES string of the molecule is O=C(c1nccc2ccccc12)N1CCCc2ccccc2C1. The summed E-state index contributed by atoms with van der Waals surface area (Å²) in [6.45, 7) is 1.44. The second-order valence-electron chi connectivity index (χ2n) is 5.98. The molecule has 0 atom stereocenters. The number of amides is 1. The normalized spacial score (nSPS) is 14.3. The van der Waals surface area contributed by atoms with Crippen molar-refractivity contribution < 1.29 is 4.79 Å². The lowest BCUT2D eigenvalue weighted by Gasteiger charge is -2.21. The molecule has 0 radical (unpaired) electrons. The summed E-state index contributed by atoms with van der Waals surface area (Å²) in [6, 6.07) is 18.3. The van der Waals surface area contributed by atoms with Crippen molar-refractivity contribution in [1.29, 1.82) is 0 Å². The molecule has 0 saturated carbocycles. The molecule has 0 spiro atoms. The minimum absolute atomic E-state index is 0.0264. The van der Waals surface area contributed by atoms with Gasteiger partial charge in [0, 0.05) is 24.7 Å². The van der Waals surface area contributed by atoms with Gasteiger partial charge in [0.05, 0.1) is 0 Å². The second-order valence-corrected chi connectivity index (χ2v) is 5.98. The van der Waals surface area contributed by atoms with Crippen molar-refractivity contribution >= 4 is 16.7 Å². The minimum Gasteiger partial charge on any atom is -0.333 e. The molecule has 0 unspecified atom stereocenters. The van der Waals surface area contributed by atoms with E-state index in [2.05, 4.69) is 23.2 Å². The number of aromatic nitrogens is 1. The number of rotatable bonds is 1. The van der Waals surface area contributed by atoms with E-state index in [1.54, 1.807) is 6.20 Å². The van der Waals surface area contributed by atoms with E-state index in [1.807, 2.05) is 41.3 Å². The van der Waals surface area contributed by atoms with Gasteiger partial charge in [0.1, 0.15) is 5.69 Å². The van der Waals surface area contributed by atoms with E-state index in [9.17, 15) is 4.79 Å². The average molecular weight is 302 g/mol. The van der Waals surface area contributed by atoms with E-state index in [0.29, 0.717) is 12.2 Å². The van der Waals surface area contributed by atoms with Crippen LogP contribution in [0.3, 0.4) is 0 Å². The van der Waals surface area contributed by atoms with Gasteiger partial charge in [0.2, 0.25) is 0 Å². The molecule has 1 aromatic heterocycles. The Balaban J connectivity index is 1.71. The molecule has 0 N–H and O–H groups in total. The quantitative estimate of drug-likeness (QED) is 0.684. The Labute approximate surface area is 135 Å². The Bertz CT molecular complexity index is 867. The van der Waals surface area contributed by atoms with Crippen LogP contribution >= 0.6 is 0 Å². The summed E-state index contributed by atoms with van der Waals surface area (Å²) in [5.41, 5.74) is 3.16. The van der Waals surface area contributed by atoms with E-state index < -0.39 is 0 Å². The predicted molar refractivity (Wildman–Crippen MR) is 91.2 cm³/mol. The van der Waals surface area contributed by atoms with Crippen molar-refractivity contribution in [2.75, 3.05) is 6.54 Å². The van der Waals surface area contributed by atoms with Gasteiger partial charge in [-0.05, 0) is 35.4 Å². The van der Waals surface area contributed by atoms with Crippen molar-refractivity contribution in [2.45, 2.75) is 19.4 Å². The molecule has 2 heterocycles. The zero-order valence-corrected chi connectivity index (χ0v) is 12.9. The first kappa shape index (κ1) is 13.9. The number of benzene rings is 2. The number of pyridine rings is 1. The standard InChI is InChI=1S/C20H18N2O/c23-20(19-18-10-4-3-7-16(18)11-12-21-19)22-13-5-9-15-6-1-2-8-17(15)14-22/h1-4,6-8,10-12H,5,9,13-14H2. The third-order valence-electron chi connectivity index (χ3n) is 4.52. The van der Waals surface area contributed by atoms with Gasteiger partial charge in [-0.25, -0.2) is 0 Å². The molecule has 2 aromatic carbocycles. The van der Waals surface area contributed by atoms with Crippen LogP contribution in [0.15, 0.2) is 60.8 Å². The van der Waals surface area contributed by atoms with E-state index in [4.69, 9.17) is 0 Å². The maximum atomic E-state index is 13.0. The Morgan fingerprint density at radius 3 is 2.65 bits per heavy atom. The third-order valence-corrected chi connectivity index (χ3v) is 4.52. The largest absolute Gasteiger partial charge is 0.333 e. The summed E-state index contributed by atoms with van der Waals surface area (Å²) < 4.78 is 0. The minimum atomic E-state index is 0.0264. The first-order valence-corrected chi connectivity index (χ1v) is 8.03. The number of hydrogen-bond acceptors (Lipinski definition) is 2. The first-order chi connectivity index (χ1) is 11.3. The van der Waals surface area contributed by atoms with Crippen LogP contribution in [0.2, 0.25) is 0 Å². The summed E-state index contributed by atoms with van der Waals surface area (Å²) in [4.78, 5) is 19.3. The van der Waals surface area contributed by atoms with Gasteiger partial charge >= 0.3 is 0 Å². The molecule has 23 heavy (non-hydrogen) atoms. The maximum Gasteiger partial charge on any atom is 0.273 e. The van der Waals surface area contributed by atoms with Gasteiger partial charge < -0.3 is 4.90 Å². The van der Waals surface area contributed by atoms with Crippen LogP contribution in [0.5, 0.6) is 0 Å². The lowest BCUT2D eigenvalue weighted by molar-refractivity contribution is 0.0742. The fourth-order valence-electron chi connectivity index (χ4n) is 3.31. The van der Waals surface area contributed by atoms with Gasteiger partial charge in [-0.2, -0.15) is 0 Å². The highest BCUT2D eigenvalue weighted by atomic mass is 16.2. The Morgan fingerprint density at radius 1 is 0.957 bits per heavy atom. The van der Waals surface area contributed by atoms with Gasteiger partial charge in [-0.3, -0.25) is 9.78 Å². The lowest BCUT2D eigenvalue weighted by atomic mass is 10.0. The summed E-state index contributed by atoms with van der Waals surface area (Å²) in [5, 5.41) is 1.98. The summed E-state index contributed by atoms with van der Waals surface area (Å²) in [6.07, 6.45) is 3.75. The highest BCUT2D eigenvalue weighted by molar-refractivity contribution is 6.05. The predicted octanol–water partition coefficient (Wildman–Crippen LogP) is 3.82. The molecule has 3 heteroatoms. The van der Waals surface area contributed by atoms with Crippen molar-refractivity contribution in [1.82, 2.24) is 9.88 Å². The Hall–Kier alpha value is -2.68. The van der Waals surface area contributed by atoms with Crippen LogP contribution in [0, 0.1) is 0 Å². The van der Waals surface area contributed by atoms with E-state index >= 15 is 0 Å². The summed E-state index contributed by atoms with van der Waals surface area (Å²) in [7, 11) is 0. The number of aryl methyl sites for hydroxylation is 1. The van der Waals surface area contributed by atoms with Gasteiger partial charge in [-0.1, -0.05) is 48.5 Å². The zero-order valence-electron chi connectivity index (χ0n) is 12.9. The van der Waals surface area contributed by atoms with Crippen molar-refractivity contribution in [3.05, 3.63) is 77.6 Å². The molecule has 3 nitrogen and oxygen atoms in total. The highest BCUT2D eigenvalue weighted by Gasteiger charge is 2.22. The highest BCUT2D eigenvalue weighted by Crippen LogP contribution is 2.22. The zero-order chi connectivity index (χ0) is 15.6. The number of carbonyl (C=O) groups excluding carboxylic acids is 1. The molecule has 3 aromatic rings. The lowest BCUT2D eigenvalue weighted by Crippen LogP contribution is -2.31. The Morgan fingerprint density at radius 2 is 1.74 bits per heavy atom. The molecule has 1 amide bonds. The van der Waals surface area contributed by atoms with Crippen LogP contribution in [-0.2, 0) is 13.0 Å². The Kier molecular flexibility index (Phi) is 3.54. The number of fused-ring (bicyclic) bond motifs is 2. The number of nitrogens with zero attached hydrogens (tertiary/aromatic N) is 2. The molecular formula is C20H18N2O. The molecule has 4 rings (SSSR count). The monoisotopic (exact) mass is 302 g/mol. The van der Waals surface area contributed by atoms with E-state index in [0.717, 1.165) is 30.2 Å². The van der Waals surface area contributed by atoms with Crippen molar-refractivity contribution in [3.8, 4) is 0 Å². The molecular weight excluding hydrogens is 284 g/mol. The first-order valence-electron chi connectivity index (χ1n) is 8.03. The molecule has 0 aliphatic carbocycles. The van der Waals surface area contributed by atoms with E-state index in [-0.39, 0.29) is 5.91 Å². The number of hydrogen-bond donors (Lipinski definition) is 0. The van der Waals surface area contributed by atoms with Crippen LogP contribution in [0.25, 0.3) is 10.8 Å². The van der Waals surface area contributed by atoms with Gasteiger partial charge in [-0.15, -0.1) is 0 Å². The maximum absolute atomic E-state index is 13.0. The van der Waals surface area contributed by atoms with Crippen LogP contribution in [-0.4, -0.2) is 22.3 Å². The van der Waals surface area contributed by atoms with Crippen LogP contribution < -0.4 is 0 Å². The van der Waals surface area contributed by atoms with Crippen molar-refractivity contribution in [2.24, 2.45) is 0 Å². The fourth-order valence-corrected chi connectivity index (χ4v) is 3.31. The molecule has 1 aliphatic rings. The van der Waals surface area contributed by atoms with Crippen LogP contribution in [0.1, 0.15) is 28.0 Å². The fraction of sp³-hybridized carbons (Fsp3) is 0.200. The molecule has 0 bridgehead atoms. The molecule has 114 valence electrons. The molecule has 0 saturated heterocycles. The molecule has 1 aliphatic heterocycles. The van der Waals surface area contributed by atoms with E-state index in [1.165, 1.54) is 11.1 Å². The summed E-state index contributed by atoms with van der Waals surface area (Å²) >= 11 is 0. The topological polar surface area (TPSA) is 33.2 Å². The second kappa shape index (κ2) is 5.84. The summed E-state index contributed by atoms with van der Waals surface area (Å²) in [5.74, 6) is 0.0264. The molecule has 0 fully saturated rings. The van der Waals surface area contributed by atoms with Crippen LogP contribution in [0.4, 0.5) is 0 Å². The van der Waals surface area contributed by atoms with Gasteiger partial charge in [0.15, 0.2) is 0 Å². The number of carbonyl (C=O) groups is 1. The smallest absolute Gasteiger partial charge is 0.273 e. The average Bonchev–Trinajstić information content (AvgIpc) is 2.83.